The van der Waals surface area contributed by atoms with E-state index in [1.807, 2.05) is 0 Å². The highest BCUT2D eigenvalue weighted by Gasteiger charge is 2.57. The maximum Gasteiger partial charge on any atom is 0.0938 e. The Kier molecular flexibility index (Phi) is 43.7. The van der Waals surface area contributed by atoms with Crippen molar-refractivity contribution in [3.05, 3.63) is 0 Å². The average Bonchev–Trinajstić information content (AvgIpc) is 3.06. The van der Waals surface area contributed by atoms with Gasteiger partial charge in [-0.05, 0) is 57.8 Å². The van der Waals surface area contributed by atoms with Crippen LogP contribution in [0.5, 0.6) is 0 Å². The van der Waals surface area contributed by atoms with E-state index < -0.39 is 21.8 Å². The van der Waals surface area contributed by atoms with Gasteiger partial charge in [0.1, 0.15) is 0 Å². The van der Waals surface area contributed by atoms with E-state index in [0.717, 1.165) is 0 Å². The van der Waals surface area contributed by atoms with Gasteiger partial charge in [-0.15, -0.1) is 0 Å². The summed E-state index contributed by atoms with van der Waals surface area (Å²) < 4.78 is 0. The lowest BCUT2D eigenvalue weighted by Crippen LogP contribution is -3.00. The monoisotopic (exact) mass is 1070 g/mol. The summed E-state index contributed by atoms with van der Waals surface area (Å²) >= 11 is 0. The van der Waals surface area contributed by atoms with Crippen molar-refractivity contribution in [2.75, 3.05) is 80.5 Å². The van der Waals surface area contributed by atoms with E-state index in [-0.39, 0.29) is 77.3 Å². The molecule has 0 aliphatic rings. The summed E-state index contributed by atoms with van der Waals surface area (Å²) in [4.78, 5) is 0. The van der Waals surface area contributed by atoms with Crippen LogP contribution in [0.3, 0.4) is 0 Å². The topological polar surface area (TPSA) is 20.2 Å². The largest absolute Gasteiger partial charge is 1.00 e. The van der Waals surface area contributed by atoms with Crippen LogP contribution in [0, 0.1) is 5.41 Å². The van der Waals surface area contributed by atoms with Crippen molar-refractivity contribution in [3.8, 4) is 0 Å². The van der Waals surface area contributed by atoms with Crippen molar-refractivity contribution in [2.24, 2.45) is 5.41 Å². The first-order chi connectivity index (χ1) is 21.7. The first kappa shape index (κ1) is 58.2. The summed E-state index contributed by atoms with van der Waals surface area (Å²) in [7, 11) is -3.41. The molecule has 0 bridgehead atoms. The molecule has 0 unspecified atom stereocenters. The summed E-state index contributed by atoms with van der Waals surface area (Å²) in [6, 6.07) is 0. The second-order valence-electron chi connectivity index (χ2n) is 15.9. The molecule has 0 heterocycles. The van der Waals surface area contributed by atoms with Crippen LogP contribution in [-0.4, -0.2) is 85.7 Å². The molecule has 0 radical (unpaired) electrons. The molecule has 296 valence electrons. The van der Waals surface area contributed by atoms with E-state index in [0.29, 0.717) is 6.61 Å². The Balaban J connectivity index is -0.00000323. The number of halogens is 3. The molecule has 0 aromatic carbocycles. The molecule has 1 N–H and O–H groups in total. The van der Waals surface area contributed by atoms with Crippen LogP contribution in [0.25, 0.3) is 0 Å². The predicted octanol–water partition coefficient (Wildman–Crippen LogP) is 5.23. The molecule has 0 fully saturated rings. The predicted molar refractivity (Wildman–Crippen MR) is 223 cm³/mol. The highest BCUT2D eigenvalue weighted by atomic mass is 127. The molecule has 0 aliphatic carbocycles. The zero-order valence-corrected chi connectivity index (χ0v) is 43.5. The summed E-state index contributed by atoms with van der Waals surface area (Å²) in [6.45, 7) is 22.4. The third-order valence-electron chi connectivity index (χ3n) is 11.2. The molecule has 1 nitrogen and oxygen atoms in total. The lowest BCUT2D eigenvalue weighted by atomic mass is 9.97. The van der Waals surface area contributed by atoms with E-state index in [2.05, 4.69) is 62.3 Å². The Morgan fingerprint density at radius 1 is 0.312 bits per heavy atom. The number of hydrogen-bond donors (Lipinski definition) is 1. The summed E-state index contributed by atoms with van der Waals surface area (Å²) in [5.41, 5.74) is 0.189. The van der Waals surface area contributed by atoms with E-state index >= 15 is 0 Å². The Morgan fingerprint density at radius 2 is 0.458 bits per heavy atom. The maximum absolute atomic E-state index is 12.1. The van der Waals surface area contributed by atoms with Crippen LogP contribution < -0.4 is 71.9 Å². The zero-order valence-electron chi connectivity index (χ0n) is 34.3. The van der Waals surface area contributed by atoms with Gasteiger partial charge in [-0.1, -0.05) is 120 Å². The minimum atomic E-state index is -1.14. The first-order valence-corrected chi connectivity index (χ1v) is 28.5. The SMILES string of the molecule is CCCC[P+](CCCC)(CCCC)CC(CO)(C[P+](CCCC)(CCCC)CCCC)C[P+](CCCC)(CCCC)CCCC.[I-].[I-].[I-]. The van der Waals surface area contributed by atoms with E-state index in [1.165, 1.54) is 190 Å². The molecule has 0 saturated heterocycles. The molecule has 0 aromatic rings. The fraction of sp³-hybridized carbons (Fsp3) is 1.00. The van der Waals surface area contributed by atoms with Crippen molar-refractivity contribution < 1.29 is 77.0 Å². The third-order valence-corrected chi connectivity index (χ3v) is 26.6. The van der Waals surface area contributed by atoms with Crippen LogP contribution in [0.2, 0.25) is 0 Å². The van der Waals surface area contributed by atoms with Crippen molar-refractivity contribution in [1.29, 1.82) is 0 Å². The van der Waals surface area contributed by atoms with Crippen molar-refractivity contribution in [1.82, 2.24) is 0 Å². The van der Waals surface area contributed by atoms with Crippen LogP contribution in [-0.2, 0) is 0 Å². The zero-order chi connectivity index (χ0) is 33.9. The first-order valence-electron chi connectivity index (χ1n) is 20.9. The quantitative estimate of drug-likeness (QED) is 0.0693. The smallest absolute Gasteiger partial charge is 0.0938 e. The molecule has 0 aromatic heterocycles. The minimum absolute atomic E-state index is 0. The Hall–Kier alpha value is 3.44. The van der Waals surface area contributed by atoms with Crippen molar-refractivity contribution in [2.45, 2.75) is 178 Å². The molecule has 48 heavy (non-hydrogen) atoms. The van der Waals surface area contributed by atoms with Gasteiger partial charge in [-0.2, -0.15) is 0 Å². The molecule has 0 aliphatic heterocycles. The summed E-state index contributed by atoms with van der Waals surface area (Å²) in [6.07, 6.45) is 42.9. The molecular weight excluding hydrogens is 982 g/mol. The van der Waals surface area contributed by atoms with Crippen LogP contribution >= 0.6 is 21.8 Å². The minimum Gasteiger partial charge on any atom is -1.00 e. The number of rotatable bonds is 34. The molecular formula is C41H90I3OP3. The Morgan fingerprint density at radius 3 is 0.562 bits per heavy atom. The van der Waals surface area contributed by atoms with Crippen LogP contribution in [0.1, 0.15) is 178 Å². The number of aliphatic hydroxyl groups is 1. The van der Waals surface area contributed by atoms with E-state index in [9.17, 15) is 5.11 Å². The summed E-state index contributed by atoms with van der Waals surface area (Å²) in [5.74, 6) is 0. The van der Waals surface area contributed by atoms with Gasteiger partial charge in [0.15, 0.2) is 0 Å². The molecule has 0 atom stereocenters. The molecule has 0 amide bonds. The Labute approximate surface area is 359 Å². The van der Waals surface area contributed by atoms with Crippen LogP contribution in [0.15, 0.2) is 0 Å². The van der Waals surface area contributed by atoms with Gasteiger partial charge in [0.2, 0.25) is 0 Å². The fourth-order valence-electron chi connectivity index (χ4n) is 8.59. The molecule has 0 saturated carbocycles. The highest BCUT2D eigenvalue weighted by molar-refractivity contribution is 7.78. The second-order valence-corrected chi connectivity index (χ2v) is 28.9. The average molecular weight is 1070 g/mol. The number of hydrogen-bond acceptors (Lipinski definition) is 1. The molecule has 7 heteroatoms. The van der Waals surface area contributed by atoms with Gasteiger partial charge >= 0.3 is 0 Å². The van der Waals surface area contributed by atoms with Gasteiger partial charge in [0.05, 0.1) is 86.0 Å². The standard InChI is InChI=1S/C41H90OP3.3HI/c1-10-19-28-43(29-20-11-2,30-21-12-3)38-41(37-42,39-44(31-22-13-4,32-23-14-5)33-24-15-6)40-45(34-25-16-7,35-26-17-8)36-27-18-9;;;/h42H,10-40H2,1-9H3;3*1H/q+3;;;/p-3. The normalized spacial score (nSPS) is 12.4. The highest BCUT2D eigenvalue weighted by Crippen LogP contribution is 2.73. The van der Waals surface area contributed by atoms with E-state index in [4.69, 9.17) is 0 Å². The number of unbranched alkanes of at least 4 members (excludes halogenated alkanes) is 9. The van der Waals surface area contributed by atoms with E-state index in [1.54, 1.807) is 0 Å². The van der Waals surface area contributed by atoms with Crippen LogP contribution in [0.4, 0.5) is 0 Å². The van der Waals surface area contributed by atoms with Crippen molar-refractivity contribution in [3.63, 3.8) is 0 Å². The molecule has 0 rings (SSSR count). The molecule has 0 spiro atoms. The number of aliphatic hydroxyl groups excluding tert-OH is 1. The third kappa shape index (κ3) is 24.1. The summed E-state index contributed by atoms with van der Waals surface area (Å²) in [5, 5.41) is 12.1. The Bertz CT molecular complexity index is 518. The van der Waals surface area contributed by atoms with Gasteiger partial charge < -0.3 is 77.0 Å². The lowest BCUT2D eigenvalue weighted by Gasteiger charge is -2.44. The second kappa shape index (κ2) is 36.1. The lowest BCUT2D eigenvalue weighted by molar-refractivity contribution is -0.00100. The van der Waals surface area contributed by atoms with Gasteiger partial charge in [-0.25, -0.2) is 0 Å². The van der Waals surface area contributed by atoms with Gasteiger partial charge in [0, 0.05) is 21.8 Å². The van der Waals surface area contributed by atoms with Crippen molar-refractivity contribution >= 4 is 21.8 Å². The fourth-order valence-corrected chi connectivity index (χ4v) is 26.7. The van der Waals surface area contributed by atoms with Gasteiger partial charge in [0.25, 0.3) is 0 Å². The van der Waals surface area contributed by atoms with Gasteiger partial charge in [-0.3, -0.25) is 0 Å². The maximum atomic E-state index is 12.1.